The minimum absolute atomic E-state index is 0.0325. The van der Waals surface area contributed by atoms with Crippen LogP contribution in [0.25, 0.3) is 0 Å². The second kappa shape index (κ2) is 9.78. The minimum atomic E-state index is -3.35. The van der Waals surface area contributed by atoms with Gasteiger partial charge in [0, 0.05) is 12.6 Å². The van der Waals surface area contributed by atoms with E-state index in [4.69, 9.17) is 9.47 Å². The lowest BCUT2D eigenvalue weighted by Gasteiger charge is -2.35. The van der Waals surface area contributed by atoms with Gasteiger partial charge < -0.3 is 14.4 Å². The highest BCUT2D eigenvalue weighted by atomic mass is 32.2. The molecule has 1 atom stereocenters. The monoisotopic (exact) mass is 417 g/mol. The van der Waals surface area contributed by atoms with Crippen molar-refractivity contribution in [2.75, 3.05) is 26.0 Å². The number of methoxy groups -OCH3 is 1. The molecule has 0 aromatic heterocycles. The maximum absolute atomic E-state index is 12.7. The average Bonchev–Trinajstić information content (AvgIpc) is 2.77. The number of piperidine rings is 1. The molecule has 156 valence electrons. The third-order valence-electron chi connectivity index (χ3n) is 5.19. The van der Waals surface area contributed by atoms with Gasteiger partial charge in [-0.3, -0.25) is 4.79 Å². The highest BCUT2D eigenvalue weighted by Gasteiger charge is 2.28. The van der Waals surface area contributed by atoms with Crippen LogP contribution >= 0.6 is 0 Å². The van der Waals surface area contributed by atoms with Crippen LogP contribution in [0.4, 0.5) is 0 Å². The summed E-state index contributed by atoms with van der Waals surface area (Å²) < 4.78 is 35.9. The third-order valence-corrected chi connectivity index (χ3v) is 6.95. The van der Waals surface area contributed by atoms with Gasteiger partial charge >= 0.3 is 0 Å². The molecule has 2 aromatic carbocycles. The summed E-state index contributed by atoms with van der Waals surface area (Å²) in [5.41, 5.74) is 0. The van der Waals surface area contributed by atoms with E-state index in [-0.39, 0.29) is 24.3 Å². The molecule has 1 fully saturated rings. The maximum atomic E-state index is 12.7. The lowest BCUT2D eigenvalue weighted by Crippen LogP contribution is -2.46. The van der Waals surface area contributed by atoms with E-state index in [1.165, 1.54) is 0 Å². The Hall–Kier alpha value is -2.54. The highest BCUT2D eigenvalue weighted by Crippen LogP contribution is 2.23. The molecule has 29 heavy (non-hydrogen) atoms. The van der Waals surface area contributed by atoms with Crippen molar-refractivity contribution in [3.8, 4) is 11.5 Å². The quantitative estimate of drug-likeness (QED) is 0.659. The number of amides is 1. The first kappa shape index (κ1) is 21.2. The van der Waals surface area contributed by atoms with Crippen molar-refractivity contribution in [2.45, 2.75) is 36.6 Å². The Morgan fingerprint density at radius 2 is 1.72 bits per heavy atom. The predicted molar refractivity (Wildman–Crippen MR) is 111 cm³/mol. The number of carbonyl (C=O) groups excluding carboxylic acids is 1. The van der Waals surface area contributed by atoms with E-state index in [0.29, 0.717) is 23.6 Å². The van der Waals surface area contributed by atoms with Crippen LogP contribution in [0.15, 0.2) is 59.5 Å². The Morgan fingerprint density at radius 3 is 2.41 bits per heavy atom. The van der Waals surface area contributed by atoms with Gasteiger partial charge in [0.05, 0.1) is 17.8 Å². The number of hydrogen-bond donors (Lipinski definition) is 0. The fraction of sp³-hybridized carbons (Fsp3) is 0.409. The van der Waals surface area contributed by atoms with Gasteiger partial charge in [0.15, 0.2) is 16.4 Å². The summed E-state index contributed by atoms with van der Waals surface area (Å²) in [5, 5.41) is 0. The molecule has 7 heteroatoms. The second-order valence-corrected chi connectivity index (χ2v) is 9.23. The van der Waals surface area contributed by atoms with Crippen molar-refractivity contribution in [3.63, 3.8) is 0 Å². The number of nitrogens with zero attached hydrogens (tertiary/aromatic N) is 1. The van der Waals surface area contributed by atoms with E-state index in [9.17, 15) is 13.2 Å². The van der Waals surface area contributed by atoms with Gasteiger partial charge in [-0.25, -0.2) is 8.42 Å². The van der Waals surface area contributed by atoms with Crippen molar-refractivity contribution < 1.29 is 22.7 Å². The molecule has 0 unspecified atom stereocenters. The van der Waals surface area contributed by atoms with Crippen molar-refractivity contribution in [3.05, 3.63) is 54.6 Å². The van der Waals surface area contributed by atoms with E-state index in [1.54, 1.807) is 66.6 Å². The minimum Gasteiger partial charge on any atom is -0.497 e. The Morgan fingerprint density at radius 1 is 1.03 bits per heavy atom. The first-order valence-corrected chi connectivity index (χ1v) is 11.5. The highest BCUT2D eigenvalue weighted by molar-refractivity contribution is 7.91. The first-order chi connectivity index (χ1) is 14.0. The molecule has 1 amide bonds. The molecule has 0 spiro atoms. The zero-order chi connectivity index (χ0) is 20.7. The number of hydrogen-bond acceptors (Lipinski definition) is 5. The number of sulfone groups is 1. The predicted octanol–water partition coefficient (Wildman–Crippen LogP) is 3.32. The Kier molecular flexibility index (Phi) is 7.14. The van der Waals surface area contributed by atoms with Crippen molar-refractivity contribution >= 4 is 15.7 Å². The van der Waals surface area contributed by atoms with Crippen LogP contribution in [0, 0.1) is 0 Å². The molecule has 0 bridgehead atoms. The van der Waals surface area contributed by atoms with Gasteiger partial charge in [-0.1, -0.05) is 18.2 Å². The largest absolute Gasteiger partial charge is 0.497 e. The Bertz CT molecular complexity index is 897. The molecular formula is C22H27NO5S. The third kappa shape index (κ3) is 5.73. The molecule has 1 heterocycles. The molecule has 1 saturated heterocycles. The van der Waals surface area contributed by atoms with Gasteiger partial charge in [-0.05, 0) is 62.1 Å². The second-order valence-electron chi connectivity index (χ2n) is 7.12. The smallest absolute Gasteiger partial charge is 0.260 e. The average molecular weight is 418 g/mol. The van der Waals surface area contributed by atoms with Crippen LogP contribution in [-0.2, 0) is 14.6 Å². The molecule has 6 nitrogen and oxygen atoms in total. The molecule has 1 aliphatic rings. The van der Waals surface area contributed by atoms with Crippen molar-refractivity contribution in [1.29, 1.82) is 0 Å². The lowest BCUT2D eigenvalue weighted by molar-refractivity contribution is -0.137. The van der Waals surface area contributed by atoms with Gasteiger partial charge in [0.25, 0.3) is 5.91 Å². The molecule has 0 radical (unpaired) electrons. The molecule has 2 aromatic rings. The Balaban J connectivity index is 1.57. The van der Waals surface area contributed by atoms with Crippen LogP contribution in [0.3, 0.4) is 0 Å². The van der Waals surface area contributed by atoms with Gasteiger partial charge in [-0.2, -0.15) is 0 Å². The molecular weight excluding hydrogens is 390 g/mol. The maximum Gasteiger partial charge on any atom is 0.260 e. The zero-order valence-electron chi connectivity index (χ0n) is 16.6. The molecule has 0 N–H and O–H groups in total. The van der Waals surface area contributed by atoms with E-state index < -0.39 is 9.84 Å². The number of ether oxygens (including phenoxy) is 2. The van der Waals surface area contributed by atoms with E-state index in [0.717, 1.165) is 25.0 Å². The van der Waals surface area contributed by atoms with E-state index >= 15 is 0 Å². The van der Waals surface area contributed by atoms with E-state index in [2.05, 4.69) is 0 Å². The van der Waals surface area contributed by atoms with Crippen LogP contribution in [0.5, 0.6) is 11.5 Å². The molecule has 0 aliphatic carbocycles. The standard InChI is InChI=1S/C22H27NO5S/c1-27-19-10-12-20(13-11-19)28-17-22(24)23-15-6-5-7-18(23)14-16-29(25,26)21-8-3-2-4-9-21/h2-4,8-13,18H,5-7,14-17H2,1H3/t18-/m0/s1. The summed E-state index contributed by atoms with van der Waals surface area (Å²) in [5.74, 6) is 1.24. The van der Waals surface area contributed by atoms with E-state index in [1.807, 2.05) is 0 Å². The van der Waals surface area contributed by atoms with Gasteiger partial charge in [0.2, 0.25) is 0 Å². The van der Waals surface area contributed by atoms with Gasteiger partial charge in [0.1, 0.15) is 11.5 Å². The Labute approximate surface area is 172 Å². The SMILES string of the molecule is COc1ccc(OCC(=O)N2CCCC[C@H]2CCS(=O)(=O)c2ccccc2)cc1. The van der Waals surface area contributed by atoms with Gasteiger partial charge in [-0.15, -0.1) is 0 Å². The fourth-order valence-corrected chi connectivity index (χ4v) is 4.96. The van der Waals surface area contributed by atoms with Crippen LogP contribution < -0.4 is 9.47 Å². The number of carbonyl (C=O) groups is 1. The summed E-state index contributed by atoms with van der Waals surface area (Å²) in [6.07, 6.45) is 3.18. The molecule has 3 rings (SSSR count). The summed E-state index contributed by atoms with van der Waals surface area (Å²) in [4.78, 5) is 14.8. The van der Waals surface area contributed by atoms with Crippen molar-refractivity contribution in [2.24, 2.45) is 0 Å². The molecule has 1 aliphatic heterocycles. The topological polar surface area (TPSA) is 72.9 Å². The van der Waals surface area contributed by atoms with Crippen LogP contribution in [0.1, 0.15) is 25.7 Å². The summed E-state index contributed by atoms with van der Waals surface area (Å²) in [6.45, 7) is 0.578. The lowest BCUT2D eigenvalue weighted by atomic mass is 10.00. The fourth-order valence-electron chi connectivity index (χ4n) is 3.57. The summed E-state index contributed by atoms with van der Waals surface area (Å²) in [7, 11) is -1.76. The first-order valence-electron chi connectivity index (χ1n) is 9.84. The number of likely N-dealkylation sites (tertiary alicyclic amines) is 1. The number of benzene rings is 2. The number of rotatable bonds is 8. The summed E-state index contributed by atoms with van der Waals surface area (Å²) >= 11 is 0. The van der Waals surface area contributed by atoms with Crippen molar-refractivity contribution in [1.82, 2.24) is 4.90 Å². The molecule has 0 saturated carbocycles. The normalized spacial score (nSPS) is 17.0. The van der Waals surface area contributed by atoms with Crippen LogP contribution in [-0.4, -0.2) is 51.3 Å². The summed E-state index contributed by atoms with van der Waals surface area (Å²) in [6, 6.07) is 15.5. The zero-order valence-corrected chi connectivity index (χ0v) is 17.4. The van der Waals surface area contributed by atoms with Crippen LogP contribution in [0.2, 0.25) is 0 Å².